The van der Waals surface area contributed by atoms with Gasteiger partial charge in [0.05, 0.1) is 13.0 Å². The first-order valence-electron chi connectivity index (χ1n) is 7.56. The van der Waals surface area contributed by atoms with Crippen molar-refractivity contribution >= 4 is 12.1 Å². The summed E-state index contributed by atoms with van der Waals surface area (Å²) in [6.45, 7) is 5.79. The molecule has 1 aromatic carbocycles. The maximum Gasteiger partial charge on any atom is 0.410 e. The fourth-order valence-electron chi connectivity index (χ4n) is 2.82. The summed E-state index contributed by atoms with van der Waals surface area (Å²) in [6.07, 6.45) is -0.485. The topological polar surface area (TPSA) is 76.1 Å². The lowest BCUT2D eigenvalue weighted by molar-refractivity contribution is -0.141. The monoisotopic (exact) mass is 321 g/mol. The molecule has 126 valence electrons. The number of hydrogen-bond acceptors (Lipinski definition) is 4. The van der Waals surface area contributed by atoms with Crippen molar-refractivity contribution in [2.75, 3.05) is 20.2 Å². The molecule has 1 N–H and O–H groups in total. The van der Waals surface area contributed by atoms with Gasteiger partial charge in [0.25, 0.3) is 0 Å². The Morgan fingerprint density at radius 1 is 1.22 bits per heavy atom. The van der Waals surface area contributed by atoms with Crippen molar-refractivity contribution in [2.24, 2.45) is 5.92 Å². The molecule has 6 nitrogen and oxygen atoms in total. The number of nitrogens with zero attached hydrogens (tertiary/aromatic N) is 1. The van der Waals surface area contributed by atoms with Crippen molar-refractivity contribution < 1.29 is 24.2 Å². The van der Waals surface area contributed by atoms with Crippen LogP contribution in [0.1, 0.15) is 32.3 Å². The van der Waals surface area contributed by atoms with Crippen LogP contribution in [0.25, 0.3) is 0 Å². The molecule has 0 aliphatic carbocycles. The number of methoxy groups -OCH3 is 1. The molecule has 23 heavy (non-hydrogen) atoms. The second-order valence-electron chi connectivity index (χ2n) is 6.68. The second-order valence-corrected chi connectivity index (χ2v) is 6.68. The summed E-state index contributed by atoms with van der Waals surface area (Å²) in [6, 6.07) is 7.31. The van der Waals surface area contributed by atoms with Crippen LogP contribution in [0.15, 0.2) is 24.3 Å². The summed E-state index contributed by atoms with van der Waals surface area (Å²) in [5.74, 6) is -1.29. The van der Waals surface area contributed by atoms with Crippen molar-refractivity contribution in [1.29, 1.82) is 0 Å². The molecule has 2 atom stereocenters. The fraction of sp³-hybridized carbons (Fsp3) is 0.529. The third kappa shape index (κ3) is 3.94. The second kappa shape index (κ2) is 6.48. The summed E-state index contributed by atoms with van der Waals surface area (Å²) in [5, 5.41) is 9.52. The van der Waals surface area contributed by atoms with E-state index in [2.05, 4.69) is 0 Å². The molecule has 1 heterocycles. The van der Waals surface area contributed by atoms with Gasteiger partial charge < -0.3 is 19.5 Å². The largest absolute Gasteiger partial charge is 0.496 e. The number of carboxylic acid groups (broad SMARTS) is 1. The lowest BCUT2D eigenvalue weighted by Gasteiger charge is -2.24. The number of hydrogen-bond donors (Lipinski definition) is 1. The van der Waals surface area contributed by atoms with E-state index in [0.29, 0.717) is 12.3 Å². The van der Waals surface area contributed by atoms with Gasteiger partial charge in [-0.25, -0.2) is 4.79 Å². The van der Waals surface area contributed by atoms with Gasteiger partial charge in [0, 0.05) is 19.0 Å². The Labute approximate surface area is 136 Å². The molecule has 0 aromatic heterocycles. The number of likely N-dealkylation sites (tertiary alicyclic amines) is 1. The molecule has 1 amide bonds. The molecule has 1 aliphatic heterocycles. The summed E-state index contributed by atoms with van der Waals surface area (Å²) >= 11 is 0. The molecule has 0 radical (unpaired) electrons. The highest BCUT2D eigenvalue weighted by Gasteiger charge is 2.42. The zero-order valence-electron chi connectivity index (χ0n) is 13.9. The lowest BCUT2D eigenvalue weighted by Crippen LogP contribution is -2.35. The molecule has 1 aromatic rings. The maximum atomic E-state index is 12.2. The normalized spacial score (nSPS) is 21.1. The first-order valence-corrected chi connectivity index (χ1v) is 7.56. The maximum absolute atomic E-state index is 12.2. The third-order valence-electron chi connectivity index (χ3n) is 3.83. The van der Waals surface area contributed by atoms with Crippen molar-refractivity contribution in [1.82, 2.24) is 4.90 Å². The molecule has 6 heteroatoms. The highest BCUT2D eigenvalue weighted by molar-refractivity contribution is 5.76. The van der Waals surface area contributed by atoms with Gasteiger partial charge in [-0.3, -0.25) is 4.79 Å². The van der Waals surface area contributed by atoms with E-state index in [4.69, 9.17) is 9.47 Å². The average molecular weight is 321 g/mol. The number of carbonyl (C=O) groups is 2. The Morgan fingerprint density at radius 3 is 2.43 bits per heavy atom. The Hall–Kier alpha value is -2.24. The zero-order valence-corrected chi connectivity index (χ0v) is 13.9. The number of carboxylic acids is 1. The van der Waals surface area contributed by atoms with E-state index in [1.807, 2.05) is 18.2 Å². The minimum absolute atomic E-state index is 0.132. The van der Waals surface area contributed by atoms with Crippen molar-refractivity contribution in [2.45, 2.75) is 32.3 Å². The molecule has 0 spiro atoms. The minimum atomic E-state index is -0.924. The fourth-order valence-corrected chi connectivity index (χ4v) is 2.82. The number of para-hydroxylation sites is 1. The first kappa shape index (κ1) is 17.1. The van der Waals surface area contributed by atoms with Gasteiger partial charge in [-0.05, 0) is 32.4 Å². The van der Waals surface area contributed by atoms with Crippen LogP contribution in [0, 0.1) is 5.92 Å². The highest BCUT2D eigenvalue weighted by Crippen LogP contribution is 2.38. The summed E-state index contributed by atoms with van der Waals surface area (Å²) in [7, 11) is 1.55. The highest BCUT2D eigenvalue weighted by atomic mass is 16.6. The van der Waals surface area contributed by atoms with Crippen molar-refractivity contribution in [3.8, 4) is 5.75 Å². The number of benzene rings is 1. The van der Waals surface area contributed by atoms with E-state index < -0.39 is 23.6 Å². The molecule has 0 unspecified atom stereocenters. The van der Waals surface area contributed by atoms with Crippen LogP contribution in [0.3, 0.4) is 0 Å². The van der Waals surface area contributed by atoms with E-state index in [1.54, 1.807) is 33.9 Å². The van der Waals surface area contributed by atoms with Gasteiger partial charge in [0.15, 0.2) is 0 Å². The molecule has 1 aliphatic rings. The van der Waals surface area contributed by atoms with Gasteiger partial charge in [0.1, 0.15) is 11.4 Å². The van der Waals surface area contributed by atoms with E-state index in [1.165, 1.54) is 4.90 Å². The molecular formula is C17H23NO5. The predicted octanol–water partition coefficient (Wildman–Crippen LogP) is 2.73. The smallest absolute Gasteiger partial charge is 0.410 e. The van der Waals surface area contributed by atoms with Crippen LogP contribution in [-0.4, -0.2) is 47.9 Å². The SMILES string of the molecule is COc1ccccc1[C@H]1CN(C(=O)OC(C)(C)C)C[C@H]1C(=O)O. The van der Waals surface area contributed by atoms with Gasteiger partial charge in [-0.15, -0.1) is 0 Å². The molecule has 1 saturated heterocycles. The third-order valence-corrected chi connectivity index (χ3v) is 3.83. The first-order chi connectivity index (χ1) is 10.7. The van der Waals surface area contributed by atoms with Gasteiger partial charge >= 0.3 is 12.1 Å². The average Bonchev–Trinajstić information content (AvgIpc) is 2.90. The molecular weight excluding hydrogens is 298 g/mol. The molecule has 1 fully saturated rings. The Balaban J connectivity index is 2.25. The summed E-state index contributed by atoms with van der Waals surface area (Å²) in [5.41, 5.74) is 0.187. The summed E-state index contributed by atoms with van der Waals surface area (Å²) in [4.78, 5) is 25.3. The summed E-state index contributed by atoms with van der Waals surface area (Å²) < 4.78 is 10.7. The van der Waals surface area contributed by atoms with E-state index >= 15 is 0 Å². The van der Waals surface area contributed by atoms with Crippen molar-refractivity contribution in [3.63, 3.8) is 0 Å². The van der Waals surface area contributed by atoms with Crippen LogP contribution in [-0.2, 0) is 9.53 Å². The quantitative estimate of drug-likeness (QED) is 0.926. The number of rotatable bonds is 3. The Bertz CT molecular complexity index is 593. The number of amides is 1. The lowest BCUT2D eigenvalue weighted by atomic mass is 9.88. The van der Waals surface area contributed by atoms with E-state index in [0.717, 1.165) is 5.56 Å². The van der Waals surface area contributed by atoms with Crippen molar-refractivity contribution in [3.05, 3.63) is 29.8 Å². The van der Waals surface area contributed by atoms with E-state index in [-0.39, 0.29) is 12.5 Å². The number of ether oxygens (including phenoxy) is 2. The van der Waals surface area contributed by atoms with Gasteiger partial charge in [-0.2, -0.15) is 0 Å². The number of carbonyl (C=O) groups excluding carboxylic acids is 1. The van der Waals surface area contributed by atoms with Crippen LogP contribution >= 0.6 is 0 Å². The molecule has 0 saturated carbocycles. The van der Waals surface area contributed by atoms with Crippen LogP contribution in [0.5, 0.6) is 5.75 Å². The number of aliphatic carboxylic acids is 1. The Kier molecular flexibility index (Phi) is 4.82. The minimum Gasteiger partial charge on any atom is -0.496 e. The predicted molar refractivity (Wildman–Crippen MR) is 84.7 cm³/mol. The van der Waals surface area contributed by atoms with Gasteiger partial charge in [0.2, 0.25) is 0 Å². The van der Waals surface area contributed by atoms with Crippen LogP contribution in [0.2, 0.25) is 0 Å². The van der Waals surface area contributed by atoms with Gasteiger partial charge in [-0.1, -0.05) is 18.2 Å². The van der Waals surface area contributed by atoms with Crippen LogP contribution < -0.4 is 4.74 Å². The zero-order chi connectivity index (χ0) is 17.2. The molecule has 0 bridgehead atoms. The van der Waals surface area contributed by atoms with E-state index in [9.17, 15) is 14.7 Å². The standard InChI is InChI=1S/C17H23NO5/c1-17(2,3)23-16(21)18-9-12(13(10-18)15(19)20)11-7-5-6-8-14(11)22-4/h5-8,12-13H,9-10H2,1-4H3,(H,19,20)/t12-,13-/m1/s1. The molecule has 2 rings (SSSR count). The van der Waals surface area contributed by atoms with Crippen LogP contribution in [0.4, 0.5) is 4.79 Å². The Morgan fingerprint density at radius 2 is 1.87 bits per heavy atom.